The largest absolute Gasteiger partial charge is 0.465 e. The third kappa shape index (κ3) is 13.2. The summed E-state index contributed by atoms with van der Waals surface area (Å²) in [7, 11) is 0. The Hall–Kier alpha value is -0.530. The van der Waals surface area contributed by atoms with E-state index in [0.717, 1.165) is 38.5 Å². The molecule has 22 heavy (non-hydrogen) atoms. The van der Waals surface area contributed by atoms with Crippen LogP contribution in [0.5, 0.6) is 0 Å². The molecular weight excluding hydrogens is 272 g/mol. The topological polar surface area (TPSA) is 26.3 Å². The van der Waals surface area contributed by atoms with E-state index in [4.69, 9.17) is 4.74 Å². The van der Waals surface area contributed by atoms with Gasteiger partial charge in [0.15, 0.2) is 0 Å². The first kappa shape index (κ1) is 21.5. The fourth-order valence-corrected chi connectivity index (χ4v) is 2.82. The second-order valence-electron chi connectivity index (χ2n) is 6.62. The first-order valence-corrected chi connectivity index (χ1v) is 9.92. The monoisotopic (exact) mass is 312 g/mol. The molecule has 132 valence electrons. The third-order valence-electron chi connectivity index (χ3n) is 4.39. The molecule has 2 nitrogen and oxygen atoms in total. The molecule has 0 aliphatic rings. The first-order chi connectivity index (χ1) is 10.8. The molecule has 0 aromatic carbocycles. The van der Waals surface area contributed by atoms with Crippen LogP contribution in [-0.2, 0) is 9.53 Å². The summed E-state index contributed by atoms with van der Waals surface area (Å²) in [6, 6.07) is 0. The molecule has 0 aliphatic heterocycles. The van der Waals surface area contributed by atoms with Crippen LogP contribution in [0.4, 0.5) is 0 Å². The van der Waals surface area contributed by atoms with Crippen LogP contribution in [0.15, 0.2) is 0 Å². The Morgan fingerprint density at radius 2 is 1.18 bits per heavy atom. The number of hydrogen-bond donors (Lipinski definition) is 0. The normalized spacial score (nSPS) is 12.3. The van der Waals surface area contributed by atoms with E-state index in [2.05, 4.69) is 20.8 Å². The molecule has 0 bridgehead atoms. The van der Waals surface area contributed by atoms with Crippen molar-refractivity contribution in [2.75, 3.05) is 6.61 Å². The van der Waals surface area contributed by atoms with Crippen molar-refractivity contribution in [1.29, 1.82) is 0 Å². The molecule has 0 heterocycles. The van der Waals surface area contributed by atoms with Gasteiger partial charge in [0.25, 0.3) is 0 Å². The maximum atomic E-state index is 12.2. The minimum Gasteiger partial charge on any atom is -0.465 e. The number of carbonyl (C=O) groups is 1. The van der Waals surface area contributed by atoms with Gasteiger partial charge in [0.2, 0.25) is 0 Å². The lowest BCUT2D eigenvalue weighted by Crippen LogP contribution is -2.18. The maximum absolute atomic E-state index is 12.2. The zero-order valence-corrected chi connectivity index (χ0v) is 15.5. The highest BCUT2D eigenvalue weighted by atomic mass is 16.5. The fourth-order valence-electron chi connectivity index (χ4n) is 2.82. The number of rotatable bonds is 16. The van der Waals surface area contributed by atoms with E-state index in [1.54, 1.807) is 0 Å². The molecule has 0 aliphatic carbocycles. The van der Waals surface area contributed by atoms with E-state index in [1.165, 1.54) is 51.4 Å². The fraction of sp³-hybridized carbons (Fsp3) is 0.950. The molecule has 2 heteroatoms. The molecule has 1 atom stereocenters. The molecule has 0 saturated carbocycles. The van der Waals surface area contributed by atoms with Gasteiger partial charge in [-0.2, -0.15) is 0 Å². The van der Waals surface area contributed by atoms with Gasteiger partial charge < -0.3 is 4.74 Å². The van der Waals surface area contributed by atoms with Gasteiger partial charge in [-0.05, 0) is 19.3 Å². The van der Waals surface area contributed by atoms with Crippen LogP contribution in [0.2, 0.25) is 0 Å². The van der Waals surface area contributed by atoms with Crippen LogP contribution in [0.1, 0.15) is 111 Å². The standard InChI is InChI=1S/C20H40O2/c1-4-7-10-11-12-13-15-18-22-20(21)19(16-9-6-3)17-14-8-5-2/h19H,4-18H2,1-3H3. The molecule has 0 aromatic rings. The SMILES string of the molecule is CCCCCCCCCOC(=O)C(CCCC)CCCCC. The van der Waals surface area contributed by atoms with Gasteiger partial charge in [-0.25, -0.2) is 0 Å². The highest BCUT2D eigenvalue weighted by Crippen LogP contribution is 2.19. The summed E-state index contributed by atoms with van der Waals surface area (Å²) < 4.78 is 5.52. The van der Waals surface area contributed by atoms with Crippen molar-refractivity contribution in [1.82, 2.24) is 0 Å². The predicted molar refractivity (Wildman–Crippen MR) is 96.1 cm³/mol. The summed E-state index contributed by atoms with van der Waals surface area (Å²) in [6.07, 6.45) is 16.8. The van der Waals surface area contributed by atoms with Crippen molar-refractivity contribution in [3.63, 3.8) is 0 Å². The molecule has 0 saturated heterocycles. The van der Waals surface area contributed by atoms with Crippen LogP contribution in [0, 0.1) is 5.92 Å². The van der Waals surface area contributed by atoms with Gasteiger partial charge in [-0.3, -0.25) is 4.79 Å². The maximum Gasteiger partial charge on any atom is 0.308 e. The quantitative estimate of drug-likeness (QED) is 0.235. The molecule has 1 unspecified atom stereocenters. The molecular formula is C20H40O2. The second-order valence-corrected chi connectivity index (χ2v) is 6.62. The number of esters is 1. The van der Waals surface area contributed by atoms with Crippen LogP contribution < -0.4 is 0 Å². The molecule has 0 spiro atoms. The summed E-state index contributed by atoms with van der Waals surface area (Å²) in [4.78, 5) is 12.2. The van der Waals surface area contributed by atoms with Crippen LogP contribution in [0.25, 0.3) is 0 Å². The summed E-state index contributed by atoms with van der Waals surface area (Å²) >= 11 is 0. The van der Waals surface area contributed by atoms with Gasteiger partial charge in [0.1, 0.15) is 0 Å². The summed E-state index contributed by atoms with van der Waals surface area (Å²) in [5.41, 5.74) is 0. The molecule has 0 rings (SSSR count). The van der Waals surface area contributed by atoms with Gasteiger partial charge >= 0.3 is 5.97 Å². The van der Waals surface area contributed by atoms with E-state index >= 15 is 0 Å². The van der Waals surface area contributed by atoms with Gasteiger partial charge in [0.05, 0.1) is 12.5 Å². The van der Waals surface area contributed by atoms with Crippen molar-refractivity contribution in [3.05, 3.63) is 0 Å². The lowest BCUT2D eigenvalue weighted by Gasteiger charge is -2.15. The van der Waals surface area contributed by atoms with Gasteiger partial charge in [0, 0.05) is 0 Å². The average Bonchev–Trinajstić information content (AvgIpc) is 2.53. The zero-order valence-electron chi connectivity index (χ0n) is 15.5. The third-order valence-corrected chi connectivity index (χ3v) is 4.39. The van der Waals surface area contributed by atoms with Gasteiger partial charge in [-0.15, -0.1) is 0 Å². The molecule has 0 radical (unpaired) electrons. The number of ether oxygens (including phenoxy) is 1. The van der Waals surface area contributed by atoms with Crippen molar-refractivity contribution < 1.29 is 9.53 Å². The Labute approximate surface area is 139 Å². The molecule has 0 N–H and O–H groups in total. The molecule has 0 aromatic heterocycles. The first-order valence-electron chi connectivity index (χ1n) is 9.92. The van der Waals surface area contributed by atoms with Gasteiger partial charge in [-0.1, -0.05) is 91.4 Å². The lowest BCUT2D eigenvalue weighted by atomic mass is 9.95. The Morgan fingerprint density at radius 1 is 0.682 bits per heavy atom. The van der Waals surface area contributed by atoms with Crippen LogP contribution in [0.3, 0.4) is 0 Å². The van der Waals surface area contributed by atoms with E-state index in [1.807, 2.05) is 0 Å². The highest BCUT2D eigenvalue weighted by Gasteiger charge is 2.18. The summed E-state index contributed by atoms with van der Waals surface area (Å²) in [5.74, 6) is 0.214. The number of hydrogen-bond acceptors (Lipinski definition) is 2. The van der Waals surface area contributed by atoms with E-state index < -0.39 is 0 Å². The number of unbranched alkanes of at least 4 members (excludes halogenated alkanes) is 9. The zero-order chi connectivity index (χ0) is 16.5. The highest BCUT2D eigenvalue weighted by molar-refractivity contribution is 5.72. The second kappa shape index (κ2) is 16.8. The predicted octanol–water partition coefficient (Wildman–Crippen LogP) is 6.67. The Balaban J connectivity index is 3.72. The van der Waals surface area contributed by atoms with Crippen LogP contribution >= 0.6 is 0 Å². The lowest BCUT2D eigenvalue weighted by molar-refractivity contribution is -0.149. The Bertz CT molecular complexity index is 238. The molecule has 0 amide bonds. The van der Waals surface area contributed by atoms with Crippen molar-refractivity contribution in [2.24, 2.45) is 5.92 Å². The summed E-state index contributed by atoms with van der Waals surface area (Å²) in [5, 5.41) is 0. The Kier molecular flexibility index (Phi) is 16.4. The van der Waals surface area contributed by atoms with Crippen molar-refractivity contribution >= 4 is 5.97 Å². The Morgan fingerprint density at radius 3 is 1.82 bits per heavy atom. The van der Waals surface area contributed by atoms with E-state index in [-0.39, 0.29) is 11.9 Å². The molecule has 0 fully saturated rings. The minimum absolute atomic E-state index is 0.0653. The minimum atomic E-state index is 0.0653. The van der Waals surface area contributed by atoms with E-state index in [9.17, 15) is 4.79 Å². The number of carbonyl (C=O) groups excluding carboxylic acids is 1. The van der Waals surface area contributed by atoms with Crippen molar-refractivity contribution in [3.8, 4) is 0 Å². The van der Waals surface area contributed by atoms with Crippen LogP contribution in [-0.4, -0.2) is 12.6 Å². The van der Waals surface area contributed by atoms with Crippen molar-refractivity contribution in [2.45, 2.75) is 111 Å². The van der Waals surface area contributed by atoms with E-state index in [0.29, 0.717) is 6.61 Å². The summed E-state index contributed by atoms with van der Waals surface area (Å²) in [6.45, 7) is 7.27. The average molecular weight is 313 g/mol. The smallest absolute Gasteiger partial charge is 0.308 e.